The number of benzene rings is 1. The number of amides is 1. The first-order valence-corrected chi connectivity index (χ1v) is 8.49. The highest BCUT2D eigenvalue weighted by molar-refractivity contribution is 5.86. The van der Waals surface area contributed by atoms with E-state index in [-0.39, 0.29) is 11.9 Å². The standard InChI is InChI=1S/C18H24N6O2/c1-12(20-17(25)18(2,3)24-11-19-21-22-24)8-13-10-23(4)16-7-6-14(26-5)9-15(13)16/h6-7,9-12H,8H2,1-5H3,(H,20,25)/t12-/m1/s1. The van der Waals surface area contributed by atoms with Gasteiger partial charge < -0.3 is 14.6 Å². The molecule has 138 valence electrons. The van der Waals surface area contributed by atoms with Gasteiger partial charge in [-0.05, 0) is 61.4 Å². The summed E-state index contributed by atoms with van der Waals surface area (Å²) in [6, 6.07) is 5.98. The Kier molecular flexibility index (Phi) is 4.67. The van der Waals surface area contributed by atoms with Gasteiger partial charge in [0.1, 0.15) is 17.6 Å². The predicted octanol–water partition coefficient (Wildman–Crippen LogP) is 1.66. The van der Waals surface area contributed by atoms with E-state index in [0.29, 0.717) is 6.42 Å². The zero-order valence-corrected chi connectivity index (χ0v) is 15.7. The third kappa shape index (κ3) is 3.26. The number of hydrogen-bond acceptors (Lipinski definition) is 5. The van der Waals surface area contributed by atoms with Gasteiger partial charge in [0, 0.05) is 30.2 Å². The van der Waals surface area contributed by atoms with Crippen LogP contribution < -0.4 is 10.1 Å². The number of aryl methyl sites for hydroxylation is 1. The minimum Gasteiger partial charge on any atom is -0.497 e. The molecule has 0 aliphatic rings. The SMILES string of the molecule is COc1ccc2c(c1)c(C[C@@H](C)NC(=O)C(C)(C)n1cnnn1)cn2C. The summed E-state index contributed by atoms with van der Waals surface area (Å²) in [6.07, 6.45) is 4.25. The molecule has 26 heavy (non-hydrogen) atoms. The maximum Gasteiger partial charge on any atom is 0.247 e. The van der Waals surface area contributed by atoms with Crippen LogP contribution >= 0.6 is 0 Å². The molecule has 0 bridgehead atoms. The predicted molar refractivity (Wildman–Crippen MR) is 97.9 cm³/mol. The molecular formula is C18H24N6O2. The summed E-state index contributed by atoms with van der Waals surface area (Å²) in [5.74, 6) is 0.691. The van der Waals surface area contributed by atoms with E-state index in [4.69, 9.17) is 4.74 Å². The topological polar surface area (TPSA) is 86.9 Å². The van der Waals surface area contributed by atoms with Crippen molar-refractivity contribution in [1.29, 1.82) is 0 Å². The molecule has 3 aromatic rings. The average Bonchev–Trinajstić information content (AvgIpc) is 3.24. The molecule has 2 heterocycles. The summed E-state index contributed by atoms with van der Waals surface area (Å²) in [6.45, 7) is 5.56. The number of tetrazole rings is 1. The van der Waals surface area contributed by atoms with Gasteiger partial charge in [-0.3, -0.25) is 4.79 Å². The molecule has 0 unspecified atom stereocenters. The van der Waals surface area contributed by atoms with Gasteiger partial charge in [-0.1, -0.05) is 0 Å². The molecular weight excluding hydrogens is 332 g/mol. The van der Waals surface area contributed by atoms with E-state index in [1.54, 1.807) is 21.0 Å². The molecule has 1 N–H and O–H groups in total. The minimum absolute atomic E-state index is 0.0462. The van der Waals surface area contributed by atoms with Crippen molar-refractivity contribution in [2.75, 3.05) is 7.11 Å². The fraction of sp³-hybridized carbons (Fsp3) is 0.444. The Balaban J connectivity index is 1.77. The number of aromatic nitrogens is 5. The lowest BCUT2D eigenvalue weighted by molar-refractivity contribution is -0.129. The molecule has 0 fully saturated rings. The number of rotatable bonds is 6. The summed E-state index contributed by atoms with van der Waals surface area (Å²) < 4.78 is 8.88. The number of fused-ring (bicyclic) bond motifs is 1. The van der Waals surface area contributed by atoms with Crippen molar-refractivity contribution < 1.29 is 9.53 Å². The van der Waals surface area contributed by atoms with E-state index in [1.165, 1.54) is 11.0 Å². The van der Waals surface area contributed by atoms with Crippen LogP contribution in [0, 0.1) is 0 Å². The number of carbonyl (C=O) groups is 1. The van der Waals surface area contributed by atoms with Gasteiger partial charge >= 0.3 is 0 Å². The van der Waals surface area contributed by atoms with E-state index >= 15 is 0 Å². The van der Waals surface area contributed by atoms with Crippen molar-refractivity contribution in [3.05, 3.63) is 36.3 Å². The van der Waals surface area contributed by atoms with Crippen molar-refractivity contribution in [2.24, 2.45) is 7.05 Å². The lowest BCUT2D eigenvalue weighted by Crippen LogP contribution is -2.48. The molecule has 1 atom stereocenters. The largest absolute Gasteiger partial charge is 0.497 e. The van der Waals surface area contributed by atoms with E-state index in [9.17, 15) is 4.79 Å². The minimum atomic E-state index is -0.861. The highest BCUT2D eigenvalue weighted by Gasteiger charge is 2.32. The summed E-state index contributed by atoms with van der Waals surface area (Å²) >= 11 is 0. The first-order valence-electron chi connectivity index (χ1n) is 8.49. The maximum atomic E-state index is 12.7. The number of methoxy groups -OCH3 is 1. The summed E-state index contributed by atoms with van der Waals surface area (Å²) in [5, 5.41) is 15.3. The fourth-order valence-corrected chi connectivity index (χ4v) is 3.05. The molecule has 1 amide bonds. The highest BCUT2D eigenvalue weighted by Crippen LogP contribution is 2.26. The molecule has 3 rings (SSSR count). The summed E-state index contributed by atoms with van der Waals surface area (Å²) in [4.78, 5) is 12.7. The Labute approximate surface area is 152 Å². The Morgan fingerprint density at radius 3 is 2.81 bits per heavy atom. The Hall–Kier alpha value is -2.90. The van der Waals surface area contributed by atoms with Crippen LogP contribution in [0.4, 0.5) is 0 Å². The first-order chi connectivity index (χ1) is 12.3. The number of hydrogen-bond donors (Lipinski definition) is 1. The molecule has 1 aromatic carbocycles. The first kappa shape index (κ1) is 17.9. The molecule has 0 saturated carbocycles. The zero-order chi connectivity index (χ0) is 18.9. The van der Waals surface area contributed by atoms with Crippen LogP contribution in [0.1, 0.15) is 26.3 Å². The van der Waals surface area contributed by atoms with Gasteiger partial charge in [0.15, 0.2) is 0 Å². The van der Waals surface area contributed by atoms with Gasteiger partial charge in [0.05, 0.1) is 7.11 Å². The molecule has 0 radical (unpaired) electrons. The van der Waals surface area contributed by atoms with Gasteiger partial charge in [-0.15, -0.1) is 5.10 Å². The quantitative estimate of drug-likeness (QED) is 0.726. The lowest BCUT2D eigenvalue weighted by Gasteiger charge is -2.25. The van der Waals surface area contributed by atoms with Crippen molar-refractivity contribution in [1.82, 2.24) is 30.1 Å². The normalized spacial score (nSPS) is 13.0. The van der Waals surface area contributed by atoms with Crippen LogP contribution in [0.25, 0.3) is 10.9 Å². The zero-order valence-electron chi connectivity index (χ0n) is 15.7. The average molecular weight is 356 g/mol. The third-order valence-electron chi connectivity index (χ3n) is 4.66. The van der Waals surface area contributed by atoms with Crippen molar-refractivity contribution in [3.63, 3.8) is 0 Å². The van der Waals surface area contributed by atoms with Crippen molar-refractivity contribution in [3.8, 4) is 5.75 Å². The molecule has 2 aromatic heterocycles. The number of carbonyl (C=O) groups excluding carboxylic acids is 1. The molecule has 0 saturated heterocycles. The van der Waals surface area contributed by atoms with E-state index in [2.05, 4.69) is 31.6 Å². The van der Waals surface area contributed by atoms with Crippen LogP contribution in [0.2, 0.25) is 0 Å². The number of nitrogens with one attached hydrogen (secondary N) is 1. The number of ether oxygens (including phenoxy) is 1. The monoisotopic (exact) mass is 356 g/mol. The molecule has 0 aliphatic heterocycles. The van der Waals surface area contributed by atoms with Crippen LogP contribution in [0.5, 0.6) is 5.75 Å². The Bertz CT molecular complexity index is 913. The fourth-order valence-electron chi connectivity index (χ4n) is 3.05. The summed E-state index contributed by atoms with van der Waals surface area (Å²) in [5.41, 5.74) is 1.43. The van der Waals surface area contributed by atoms with Gasteiger partial charge in [-0.2, -0.15) is 0 Å². The second-order valence-corrected chi connectivity index (χ2v) is 7.04. The van der Waals surface area contributed by atoms with E-state index in [1.807, 2.05) is 32.2 Å². The lowest BCUT2D eigenvalue weighted by atomic mass is 10.0. The van der Waals surface area contributed by atoms with Crippen LogP contribution in [0.15, 0.2) is 30.7 Å². The van der Waals surface area contributed by atoms with Gasteiger partial charge in [-0.25, -0.2) is 4.68 Å². The van der Waals surface area contributed by atoms with E-state index in [0.717, 1.165) is 22.2 Å². The smallest absolute Gasteiger partial charge is 0.247 e. The van der Waals surface area contributed by atoms with Crippen molar-refractivity contribution in [2.45, 2.75) is 38.8 Å². The molecule has 0 spiro atoms. The molecule has 8 nitrogen and oxygen atoms in total. The third-order valence-corrected chi connectivity index (χ3v) is 4.66. The highest BCUT2D eigenvalue weighted by atomic mass is 16.5. The van der Waals surface area contributed by atoms with Gasteiger partial charge in [0.2, 0.25) is 5.91 Å². The number of nitrogens with zero attached hydrogens (tertiary/aromatic N) is 5. The summed E-state index contributed by atoms with van der Waals surface area (Å²) in [7, 11) is 3.68. The van der Waals surface area contributed by atoms with Crippen LogP contribution in [0.3, 0.4) is 0 Å². The van der Waals surface area contributed by atoms with Gasteiger partial charge in [0.25, 0.3) is 0 Å². The van der Waals surface area contributed by atoms with E-state index < -0.39 is 5.54 Å². The Morgan fingerprint density at radius 2 is 2.15 bits per heavy atom. The maximum absolute atomic E-state index is 12.7. The second kappa shape index (κ2) is 6.78. The molecule has 8 heteroatoms. The Morgan fingerprint density at radius 1 is 1.38 bits per heavy atom. The van der Waals surface area contributed by atoms with Crippen LogP contribution in [-0.2, 0) is 23.8 Å². The van der Waals surface area contributed by atoms with Crippen LogP contribution in [-0.4, -0.2) is 43.8 Å². The molecule has 0 aliphatic carbocycles. The van der Waals surface area contributed by atoms with Crippen molar-refractivity contribution >= 4 is 16.8 Å². The second-order valence-electron chi connectivity index (χ2n) is 7.04.